The maximum Gasteiger partial charge on any atom is 0.241 e. The molecule has 0 aliphatic carbocycles. The van der Waals surface area contributed by atoms with Crippen LogP contribution in [0, 0.1) is 0 Å². The van der Waals surface area contributed by atoms with Gasteiger partial charge in [0.05, 0.1) is 11.4 Å². The lowest BCUT2D eigenvalue weighted by Gasteiger charge is -2.33. The maximum atomic E-state index is 12.6. The van der Waals surface area contributed by atoms with Crippen molar-refractivity contribution in [1.82, 2.24) is 35.1 Å². The third kappa shape index (κ3) is 4.73. The molecule has 1 fully saturated rings. The lowest BCUT2D eigenvalue weighted by atomic mass is 10.2. The highest BCUT2D eigenvalue weighted by Gasteiger charge is 2.23. The van der Waals surface area contributed by atoms with Gasteiger partial charge in [0.1, 0.15) is 0 Å². The minimum atomic E-state index is 0.0890. The lowest BCUT2D eigenvalue weighted by Crippen LogP contribution is -2.48. The number of rotatable bonds is 7. The van der Waals surface area contributed by atoms with Crippen molar-refractivity contribution in [2.45, 2.75) is 19.4 Å². The van der Waals surface area contributed by atoms with Crippen molar-refractivity contribution in [2.24, 2.45) is 0 Å². The summed E-state index contributed by atoms with van der Waals surface area (Å²) in [5.74, 6) is 2.27. The maximum absolute atomic E-state index is 12.6. The molecule has 10 nitrogen and oxygen atoms in total. The number of amides is 1. The molecule has 0 unspecified atom stereocenters. The van der Waals surface area contributed by atoms with E-state index in [2.05, 4.69) is 30.2 Å². The summed E-state index contributed by atoms with van der Waals surface area (Å²) < 4.78 is 10.7. The topological polar surface area (TPSA) is 114 Å². The number of thiophene rings is 1. The molecule has 0 saturated carbocycles. The van der Waals surface area contributed by atoms with Crippen LogP contribution < -0.4 is 0 Å². The number of piperazine rings is 1. The first-order valence-electron chi connectivity index (χ1n) is 10.3. The van der Waals surface area contributed by atoms with E-state index < -0.39 is 0 Å². The number of pyridine rings is 1. The second kappa shape index (κ2) is 9.37. The molecule has 5 heterocycles. The van der Waals surface area contributed by atoms with E-state index in [-0.39, 0.29) is 5.91 Å². The van der Waals surface area contributed by atoms with Gasteiger partial charge < -0.3 is 13.9 Å². The fourth-order valence-corrected chi connectivity index (χ4v) is 4.17. The normalized spacial score (nSPS) is 14.7. The Labute approximate surface area is 187 Å². The molecule has 4 aromatic rings. The van der Waals surface area contributed by atoms with Gasteiger partial charge in [-0.25, -0.2) is 0 Å². The van der Waals surface area contributed by atoms with Crippen molar-refractivity contribution in [3.63, 3.8) is 0 Å². The van der Waals surface area contributed by atoms with Gasteiger partial charge in [-0.15, -0.1) is 11.3 Å². The molecule has 0 atom stereocenters. The predicted molar refractivity (Wildman–Crippen MR) is 115 cm³/mol. The van der Waals surface area contributed by atoms with Gasteiger partial charge in [0, 0.05) is 57.0 Å². The summed E-state index contributed by atoms with van der Waals surface area (Å²) in [6, 6.07) is 7.57. The van der Waals surface area contributed by atoms with Crippen LogP contribution in [0.5, 0.6) is 0 Å². The molecule has 1 amide bonds. The monoisotopic (exact) mass is 451 g/mol. The van der Waals surface area contributed by atoms with Crippen molar-refractivity contribution in [3.8, 4) is 22.1 Å². The molecule has 5 rings (SSSR count). The molecule has 1 saturated heterocycles. The molecule has 0 bridgehead atoms. The molecule has 1 aliphatic rings. The van der Waals surface area contributed by atoms with E-state index in [1.54, 1.807) is 23.7 Å². The molecular weight excluding hydrogens is 430 g/mol. The molecule has 32 heavy (non-hydrogen) atoms. The number of hydrogen-bond acceptors (Lipinski definition) is 10. The largest absolute Gasteiger partial charge is 0.340 e. The Kier molecular flexibility index (Phi) is 5.99. The number of nitrogens with zero attached hydrogens (tertiary/aromatic N) is 7. The number of carbonyl (C=O) groups excluding carboxylic acids is 1. The van der Waals surface area contributed by atoms with Crippen molar-refractivity contribution >= 4 is 17.2 Å². The number of hydrogen-bond donors (Lipinski definition) is 0. The molecular formula is C21H21N7O3S. The number of aromatic nitrogens is 5. The first kappa shape index (κ1) is 20.5. The highest BCUT2D eigenvalue weighted by molar-refractivity contribution is 7.13. The van der Waals surface area contributed by atoms with Crippen LogP contribution in [0.25, 0.3) is 22.1 Å². The minimum Gasteiger partial charge on any atom is -0.340 e. The van der Waals surface area contributed by atoms with Crippen LogP contribution in [-0.2, 0) is 17.8 Å². The van der Waals surface area contributed by atoms with E-state index in [1.165, 1.54) is 0 Å². The second-order valence-corrected chi connectivity index (χ2v) is 8.34. The van der Waals surface area contributed by atoms with E-state index in [4.69, 9.17) is 9.05 Å². The zero-order valence-electron chi connectivity index (χ0n) is 17.3. The van der Waals surface area contributed by atoms with Crippen LogP contribution in [-0.4, -0.2) is 67.2 Å². The Morgan fingerprint density at radius 3 is 2.50 bits per heavy atom. The average molecular weight is 452 g/mol. The van der Waals surface area contributed by atoms with Crippen LogP contribution in [0.1, 0.15) is 18.2 Å². The van der Waals surface area contributed by atoms with Gasteiger partial charge in [0.25, 0.3) is 0 Å². The van der Waals surface area contributed by atoms with Gasteiger partial charge in [-0.3, -0.25) is 14.7 Å². The molecule has 11 heteroatoms. The molecule has 0 spiro atoms. The molecule has 4 aromatic heterocycles. The summed E-state index contributed by atoms with van der Waals surface area (Å²) >= 11 is 1.58. The summed E-state index contributed by atoms with van der Waals surface area (Å²) in [5, 5.41) is 10.0. The van der Waals surface area contributed by atoms with Crippen LogP contribution in [0.4, 0.5) is 0 Å². The van der Waals surface area contributed by atoms with Crippen LogP contribution in [0.2, 0.25) is 0 Å². The third-order valence-corrected chi connectivity index (χ3v) is 6.12. The Balaban J connectivity index is 1.08. The van der Waals surface area contributed by atoms with Gasteiger partial charge >= 0.3 is 0 Å². The van der Waals surface area contributed by atoms with E-state index in [0.29, 0.717) is 55.9 Å². The lowest BCUT2D eigenvalue weighted by molar-refractivity contribution is -0.133. The fourth-order valence-electron chi connectivity index (χ4n) is 3.52. The number of aryl methyl sites for hydroxylation is 1. The van der Waals surface area contributed by atoms with Gasteiger partial charge in [0.15, 0.2) is 0 Å². The number of carbonyl (C=O) groups is 1. The van der Waals surface area contributed by atoms with Gasteiger partial charge in [-0.05, 0) is 23.6 Å². The fraction of sp³-hybridized carbons (Fsp3) is 0.333. The summed E-state index contributed by atoms with van der Waals surface area (Å²) in [6.45, 7) is 3.43. The standard InChI is InChI=1S/C21H21N7O3S/c29-19(4-3-17-23-20(25-30-17)15-5-7-22-8-6-15)28-11-9-27(10-12-28)14-18-24-21(26-31-18)16-2-1-13-32-16/h1-2,5-8,13H,3-4,9-12,14H2. The van der Waals surface area contributed by atoms with Crippen molar-refractivity contribution < 1.29 is 13.8 Å². The highest BCUT2D eigenvalue weighted by Crippen LogP contribution is 2.22. The Morgan fingerprint density at radius 2 is 1.72 bits per heavy atom. The zero-order chi connectivity index (χ0) is 21.8. The van der Waals surface area contributed by atoms with Crippen molar-refractivity contribution in [3.05, 3.63) is 53.8 Å². The molecule has 1 aliphatic heterocycles. The quantitative estimate of drug-likeness (QED) is 0.418. The molecule has 164 valence electrons. The minimum absolute atomic E-state index is 0.0890. The van der Waals surface area contributed by atoms with E-state index in [1.807, 2.05) is 34.5 Å². The van der Waals surface area contributed by atoms with Crippen molar-refractivity contribution in [2.75, 3.05) is 26.2 Å². The zero-order valence-corrected chi connectivity index (χ0v) is 18.1. The van der Waals surface area contributed by atoms with Gasteiger partial charge in [0.2, 0.25) is 29.3 Å². The summed E-state index contributed by atoms with van der Waals surface area (Å²) in [7, 11) is 0. The molecule has 0 N–H and O–H groups in total. The summed E-state index contributed by atoms with van der Waals surface area (Å²) in [4.78, 5) is 30.5. The van der Waals surface area contributed by atoms with E-state index in [0.717, 1.165) is 23.5 Å². The Morgan fingerprint density at radius 1 is 0.969 bits per heavy atom. The van der Waals surface area contributed by atoms with E-state index >= 15 is 0 Å². The Bertz CT molecular complexity index is 1150. The first-order chi connectivity index (χ1) is 15.7. The summed E-state index contributed by atoms with van der Waals surface area (Å²) in [6.07, 6.45) is 4.11. The molecule has 0 aromatic carbocycles. The third-order valence-electron chi connectivity index (χ3n) is 5.25. The second-order valence-electron chi connectivity index (χ2n) is 7.39. The van der Waals surface area contributed by atoms with Crippen molar-refractivity contribution in [1.29, 1.82) is 0 Å². The van der Waals surface area contributed by atoms with Crippen LogP contribution in [0.15, 0.2) is 51.1 Å². The average Bonchev–Trinajstić information content (AvgIpc) is 3.60. The predicted octanol–water partition coefficient (Wildman–Crippen LogP) is 2.52. The van der Waals surface area contributed by atoms with Crippen LogP contribution >= 0.6 is 11.3 Å². The van der Waals surface area contributed by atoms with Crippen LogP contribution in [0.3, 0.4) is 0 Å². The highest BCUT2D eigenvalue weighted by atomic mass is 32.1. The smallest absolute Gasteiger partial charge is 0.241 e. The first-order valence-corrected chi connectivity index (χ1v) is 11.2. The van der Waals surface area contributed by atoms with Gasteiger partial charge in [-0.1, -0.05) is 16.4 Å². The molecule has 0 radical (unpaired) electrons. The van der Waals surface area contributed by atoms with E-state index in [9.17, 15) is 4.79 Å². The van der Waals surface area contributed by atoms with Gasteiger partial charge in [-0.2, -0.15) is 9.97 Å². The SMILES string of the molecule is O=C(CCc1nc(-c2ccncc2)no1)N1CCN(Cc2nc(-c3cccs3)no2)CC1. The summed E-state index contributed by atoms with van der Waals surface area (Å²) in [5.41, 5.74) is 0.834. The Hall–Kier alpha value is -3.44.